The van der Waals surface area contributed by atoms with Crippen LogP contribution in [0.4, 0.5) is 10.5 Å². The number of phenolic OH excluding ortho intramolecular Hbond substituents is 1. The molecule has 6 rings (SSSR count). The molecular formula is C33H38N2O4. The van der Waals surface area contributed by atoms with Crippen molar-refractivity contribution in [3.05, 3.63) is 89.5 Å². The van der Waals surface area contributed by atoms with E-state index in [-0.39, 0.29) is 29.1 Å². The summed E-state index contributed by atoms with van der Waals surface area (Å²) in [5.74, 6) is 1.32. The smallest absolute Gasteiger partial charge is 0.410 e. The van der Waals surface area contributed by atoms with Crippen molar-refractivity contribution in [2.75, 3.05) is 37.7 Å². The van der Waals surface area contributed by atoms with Gasteiger partial charge in [0, 0.05) is 60.7 Å². The highest BCUT2D eigenvalue weighted by atomic mass is 16.6. The number of likely N-dealkylation sites (tertiary alicyclic amines) is 1. The number of aromatic hydroxyl groups is 1. The van der Waals surface area contributed by atoms with Crippen LogP contribution in [0.1, 0.15) is 62.1 Å². The average molecular weight is 527 g/mol. The summed E-state index contributed by atoms with van der Waals surface area (Å²) >= 11 is 0. The van der Waals surface area contributed by atoms with E-state index in [1.165, 1.54) is 16.8 Å². The number of benzene rings is 3. The molecule has 0 aliphatic carbocycles. The predicted octanol–water partition coefficient (Wildman–Crippen LogP) is 6.54. The molecule has 6 nitrogen and oxygen atoms in total. The molecule has 3 aliphatic heterocycles. The second-order valence-electron chi connectivity index (χ2n) is 12.4. The third-order valence-electron chi connectivity index (χ3n) is 8.53. The Balaban J connectivity index is 1.15. The summed E-state index contributed by atoms with van der Waals surface area (Å²) < 4.78 is 11.7. The Hall–Kier alpha value is -3.67. The second-order valence-corrected chi connectivity index (χ2v) is 12.4. The monoisotopic (exact) mass is 526 g/mol. The first-order valence-corrected chi connectivity index (χ1v) is 14.0. The molecule has 204 valence electrons. The van der Waals surface area contributed by atoms with E-state index in [1.54, 1.807) is 12.1 Å². The lowest BCUT2D eigenvalue weighted by molar-refractivity contribution is 0.00598. The lowest BCUT2D eigenvalue weighted by Gasteiger charge is -2.55. The molecule has 0 unspecified atom stereocenters. The molecule has 2 fully saturated rings. The molecule has 3 aliphatic rings. The number of hydrogen-bond donors (Lipinski definition) is 1. The highest BCUT2D eigenvalue weighted by Gasteiger charge is 2.46. The van der Waals surface area contributed by atoms with Crippen LogP contribution in [0.15, 0.2) is 72.8 Å². The number of carbonyl (C=O) groups is 1. The van der Waals surface area contributed by atoms with Crippen molar-refractivity contribution < 1.29 is 19.4 Å². The molecule has 1 N–H and O–H groups in total. The Kier molecular flexibility index (Phi) is 6.44. The number of rotatable bonds is 3. The van der Waals surface area contributed by atoms with Gasteiger partial charge in [0.1, 0.15) is 17.1 Å². The molecule has 0 saturated carbocycles. The first kappa shape index (κ1) is 25.6. The van der Waals surface area contributed by atoms with Gasteiger partial charge in [-0.3, -0.25) is 0 Å². The number of phenols is 1. The standard InChI is InChI=1S/C33H38N2O4/c1-32(2,3)39-31(37)34-17-15-33(16-18-34)21-35(22-33)25-11-9-24(10-12-25)30-27-14-13-26(36)19-29(27)38-20-28(30)23-7-5-4-6-8-23/h4-14,19,28,30,36H,15-18,20-22H2,1-3H3/t28-,30-/m1/s1. The van der Waals surface area contributed by atoms with E-state index < -0.39 is 5.60 Å². The summed E-state index contributed by atoms with van der Waals surface area (Å²) in [6.07, 6.45) is 1.85. The lowest BCUT2D eigenvalue weighted by atomic mass is 9.71. The minimum absolute atomic E-state index is 0.144. The highest BCUT2D eigenvalue weighted by Crippen LogP contribution is 2.48. The number of amides is 1. The summed E-state index contributed by atoms with van der Waals surface area (Å²) in [7, 11) is 0. The summed E-state index contributed by atoms with van der Waals surface area (Å²) in [4.78, 5) is 16.8. The fourth-order valence-corrected chi connectivity index (χ4v) is 6.44. The molecule has 0 bridgehead atoms. The Bertz CT molecular complexity index is 1320. The van der Waals surface area contributed by atoms with Crippen LogP contribution in [0.25, 0.3) is 0 Å². The molecule has 3 heterocycles. The van der Waals surface area contributed by atoms with E-state index in [0.29, 0.717) is 6.61 Å². The van der Waals surface area contributed by atoms with Crippen molar-refractivity contribution in [2.45, 2.75) is 51.0 Å². The number of anilines is 1. The van der Waals surface area contributed by atoms with E-state index in [0.717, 1.165) is 50.3 Å². The number of ether oxygens (including phenoxy) is 2. The largest absolute Gasteiger partial charge is 0.508 e. The highest BCUT2D eigenvalue weighted by molar-refractivity contribution is 5.68. The topological polar surface area (TPSA) is 62.2 Å². The molecule has 3 aromatic rings. The van der Waals surface area contributed by atoms with Crippen LogP contribution < -0.4 is 9.64 Å². The number of fused-ring (bicyclic) bond motifs is 1. The van der Waals surface area contributed by atoms with Gasteiger partial charge in [-0.05, 0) is 62.9 Å². The summed E-state index contributed by atoms with van der Waals surface area (Å²) in [6.45, 7) is 9.90. The van der Waals surface area contributed by atoms with Crippen LogP contribution >= 0.6 is 0 Å². The Morgan fingerprint density at radius 3 is 2.31 bits per heavy atom. The van der Waals surface area contributed by atoms with Crippen molar-refractivity contribution in [1.82, 2.24) is 4.90 Å². The zero-order chi connectivity index (χ0) is 27.2. The van der Waals surface area contributed by atoms with Crippen LogP contribution in [0.3, 0.4) is 0 Å². The molecule has 1 amide bonds. The van der Waals surface area contributed by atoms with Gasteiger partial charge < -0.3 is 24.4 Å². The van der Waals surface area contributed by atoms with E-state index >= 15 is 0 Å². The SMILES string of the molecule is CC(C)(C)OC(=O)N1CCC2(CC1)CN(c1ccc([C@@H]3c4ccc(O)cc4OC[C@@H]3c3ccccc3)cc1)C2. The van der Waals surface area contributed by atoms with Crippen LogP contribution in [-0.2, 0) is 4.74 Å². The van der Waals surface area contributed by atoms with E-state index in [2.05, 4.69) is 53.4 Å². The Morgan fingerprint density at radius 1 is 0.949 bits per heavy atom. The van der Waals surface area contributed by atoms with E-state index in [4.69, 9.17) is 9.47 Å². The summed E-state index contributed by atoms with van der Waals surface area (Å²) in [5, 5.41) is 10.0. The van der Waals surface area contributed by atoms with Crippen LogP contribution in [0.2, 0.25) is 0 Å². The number of nitrogens with zero attached hydrogens (tertiary/aromatic N) is 2. The van der Waals surface area contributed by atoms with E-state index in [9.17, 15) is 9.90 Å². The predicted molar refractivity (Wildman–Crippen MR) is 153 cm³/mol. The third-order valence-corrected chi connectivity index (χ3v) is 8.53. The molecule has 0 radical (unpaired) electrons. The Labute approximate surface area is 231 Å². The minimum Gasteiger partial charge on any atom is -0.508 e. The Morgan fingerprint density at radius 2 is 1.64 bits per heavy atom. The maximum Gasteiger partial charge on any atom is 0.410 e. The number of carbonyl (C=O) groups excluding carboxylic acids is 1. The molecule has 39 heavy (non-hydrogen) atoms. The van der Waals surface area contributed by atoms with Gasteiger partial charge in [-0.1, -0.05) is 48.5 Å². The number of hydrogen-bond acceptors (Lipinski definition) is 5. The maximum absolute atomic E-state index is 12.5. The van der Waals surface area contributed by atoms with Crippen LogP contribution in [-0.4, -0.2) is 54.5 Å². The van der Waals surface area contributed by atoms with Crippen molar-refractivity contribution in [2.24, 2.45) is 5.41 Å². The van der Waals surface area contributed by atoms with Gasteiger partial charge in [-0.25, -0.2) is 4.79 Å². The quantitative estimate of drug-likeness (QED) is 0.420. The molecule has 2 saturated heterocycles. The molecule has 3 aromatic carbocycles. The van der Waals surface area contributed by atoms with Gasteiger partial charge in [0.2, 0.25) is 0 Å². The number of piperidine rings is 1. The van der Waals surface area contributed by atoms with Crippen LogP contribution in [0, 0.1) is 5.41 Å². The van der Waals surface area contributed by atoms with E-state index in [1.807, 2.05) is 37.8 Å². The van der Waals surface area contributed by atoms with Crippen molar-refractivity contribution in [3.63, 3.8) is 0 Å². The molecular weight excluding hydrogens is 488 g/mol. The molecule has 6 heteroatoms. The normalized spacial score (nSPS) is 22.0. The van der Waals surface area contributed by atoms with Gasteiger partial charge in [0.05, 0.1) is 6.61 Å². The van der Waals surface area contributed by atoms with Crippen molar-refractivity contribution in [1.29, 1.82) is 0 Å². The van der Waals surface area contributed by atoms with Gasteiger partial charge in [-0.15, -0.1) is 0 Å². The van der Waals surface area contributed by atoms with Gasteiger partial charge in [0.15, 0.2) is 0 Å². The zero-order valence-corrected chi connectivity index (χ0v) is 23.1. The van der Waals surface area contributed by atoms with Gasteiger partial charge >= 0.3 is 6.09 Å². The molecule has 1 spiro atoms. The summed E-state index contributed by atoms with van der Waals surface area (Å²) in [6, 6.07) is 25.1. The fourth-order valence-electron chi connectivity index (χ4n) is 6.44. The van der Waals surface area contributed by atoms with Gasteiger partial charge in [0.25, 0.3) is 0 Å². The lowest BCUT2D eigenvalue weighted by Crippen LogP contribution is -2.61. The van der Waals surface area contributed by atoms with Crippen molar-refractivity contribution >= 4 is 11.8 Å². The van der Waals surface area contributed by atoms with Crippen molar-refractivity contribution in [3.8, 4) is 11.5 Å². The van der Waals surface area contributed by atoms with Crippen LogP contribution in [0.5, 0.6) is 11.5 Å². The first-order chi connectivity index (χ1) is 18.7. The molecule has 2 atom stereocenters. The maximum atomic E-state index is 12.5. The zero-order valence-electron chi connectivity index (χ0n) is 23.1. The molecule has 0 aromatic heterocycles. The minimum atomic E-state index is -0.457. The fraction of sp³-hybridized carbons (Fsp3) is 0.424. The van der Waals surface area contributed by atoms with Gasteiger partial charge in [-0.2, -0.15) is 0 Å². The second kappa shape index (κ2) is 9.82. The summed E-state index contributed by atoms with van der Waals surface area (Å²) in [5.41, 5.74) is 4.70. The first-order valence-electron chi connectivity index (χ1n) is 14.0. The third kappa shape index (κ3) is 5.17. The average Bonchev–Trinajstić information content (AvgIpc) is 2.91.